The van der Waals surface area contributed by atoms with Crippen molar-refractivity contribution in [2.75, 3.05) is 18.6 Å². The number of carbonyl (C=O) groups is 2. The molecule has 7 nitrogen and oxygen atoms in total. The molecule has 0 bridgehead atoms. The van der Waals surface area contributed by atoms with Crippen molar-refractivity contribution in [1.82, 2.24) is 15.4 Å². The van der Waals surface area contributed by atoms with Crippen molar-refractivity contribution in [3.8, 4) is 0 Å². The normalized spacial score (nSPS) is 19.5. The number of nitrogens with one attached hydrogen (secondary N) is 3. The van der Waals surface area contributed by atoms with Crippen LogP contribution in [0.5, 0.6) is 0 Å². The molecule has 10 heteroatoms. The van der Waals surface area contributed by atoms with E-state index in [1.165, 1.54) is 19.1 Å². The molecule has 0 aromatic heterocycles. The lowest BCUT2D eigenvalue weighted by atomic mass is 10.1. The second-order valence-corrected chi connectivity index (χ2v) is 9.72. The summed E-state index contributed by atoms with van der Waals surface area (Å²) in [4.78, 5) is 23.1. The van der Waals surface area contributed by atoms with Crippen LogP contribution in [0.2, 0.25) is 0 Å². The number of rotatable bonds is 8. The number of unbranched alkanes of at least 4 members (excludes halogenated alkanes) is 1. The van der Waals surface area contributed by atoms with Gasteiger partial charge in [0.2, 0.25) is 10.0 Å². The summed E-state index contributed by atoms with van der Waals surface area (Å²) in [6.07, 6.45) is 5.25. The third kappa shape index (κ3) is 8.74. The van der Waals surface area contributed by atoms with Gasteiger partial charge in [0.15, 0.2) is 0 Å². The van der Waals surface area contributed by atoms with Crippen LogP contribution in [-0.2, 0) is 14.8 Å². The molecule has 1 aliphatic rings. The number of hydrogen-bond donors (Lipinski definition) is 3. The maximum Gasteiger partial charge on any atom is 0.315 e. The zero-order chi connectivity index (χ0) is 16.6. The lowest BCUT2D eigenvalue weighted by Crippen LogP contribution is -2.49. The zero-order valence-corrected chi connectivity index (χ0v) is 15.2. The predicted molar refractivity (Wildman–Crippen MR) is 91.3 cm³/mol. The van der Waals surface area contributed by atoms with Gasteiger partial charge in [0.25, 0.3) is 5.91 Å². The topological polar surface area (TPSA) is 104 Å². The summed E-state index contributed by atoms with van der Waals surface area (Å²) in [7, 11) is 0.255. The first-order valence-corrected chi connectivity index (χ1v) is 11.4. The van der Waals surface area contributed by atoms with E-state index < -0.39 is 28.0 Å². The fraction of sp³-hybridized carbons (Fsp3) is 0.833. The number of hydrogen-bond acceptors (Lipinski definition) is 6. The van der Waals surface area contributed by atoms with Crippen LogP contribution >= 0.6 is 21.6 Å². The molecule has 128 valence electrons. The van der Waals surface area contributed by atoms with Gasteiger partial charge in [-0.25, -0.2) is 13.2 Å². The average molecular weight is 370 g/mol. The summed E-state index contributed by atoms with van der Waals surface area (Å²) in [5.41, 5.74) is 0. The van der Waals surface area contributed by atoms with Gasteiger partial charge in [0.1, 0.15) is 6.04 Å². The van der Waals surface area contributed by atoms with E-state index in [0.29, 0.717) is 6.54 Å². The molecule has 1 heterocycles. The van der Waals surface area contributed by atoms with Crippen LogP contribution in [0.1, 0.15) is 32.6 Å². The molecule has 2 atom stereocenters. The van der Waals surface area contributed by atoms with Crippen LogP contribution in [0, 0.1) is 0 Å². The highest BCUT2D eigenvalue weighted by Gasteiger charge is 2.18. The number of urea groups is 1. The smallest absolute Gasteiger partial charge is 0.315 e. The molecule has 1 fully saturated rings. The number of sulfonamides is 1. The van der Waals surface area contributed by atoms with E-state index in [2.05, 4.69) is 10.6 Å². The molecule has 2 unspecified atom stereocenters. The molecule has 1 aliphatic heterocycles. The fourth-order valence-electron chi connectivity index (χ4n) is 1.85. The van der Waals surface area contributed by atoms with Crippen molar-refractivity contribution < 1.29 is 18.0 Å². The molecule has 1 saturated heterocycles. The van der Waals surface area contributed by atoms with E-state index in [1.807, 2.05) is 26.3 Å². The van der Waals surface area contributed by atoms with E-state index in [-0.39, 0.29) is 0 Å². The first-order chi connectivity index (χ1) is 10.3. The Balaban J connectivity index is 2.10. The second kappa shape index (κ2) is 9.51. The molecule has 0 radical (unpaired) electrons. The van der Waals surface area contributed by atoms with Gasteiger partial charge in [-0.1, -0.05) is 28.0 Å². The molecule has 0 spiro atoms. The van der Waals surface area contributed by atoms with E-state index in [4.69, 9.17) is 0 Å². The summed E-state index contributed by atoms with van der Waals surface area (Å²) in [5, 5.41) is 5.80. The van der Waals surface area contributed by atoms with Crippen molar-refractivity contribution in [3.63, 3.8) is 0 Å². The summed E-state index contributed by atoms with van der Waals surface area (Å²) >= 11 is 0. The van der Waals surface area contributed by atoms with Crippen LogP contribution in [0.25, 0.3) is 0 Å². The van der Waals surface area contributed by atoms with Crippen molar-refractivity contribution in [1.29, 1.82) is 0 Å². The Kier molecular flexibility index (Phi) is 8.40. The van der Waals surface area contributed by atoms with Crippen molar-refractivity contribution in [2.45, 2.75) is 43.9 Å². The fourth-order valence-corrected chi connectivity index (χ4v) is 5.42. The van der Waals surface area contributed by atoms with E-state index in [0.717, 1.165) is 30.8 Å². The maximum atomic E-state index is 11.6. The van der Waals surface area contributed by atoms with Crippen LogP contribution in [0.3, 0.4) is 0 Å². The van der Waals surface area contributed by atoms with Crippen LogP contribution in [0.4, 0.5) is 4.79 Å². The van der Waals surface area contributed by atoms with Gasteiger partial charge >= 0.3 is 6.03 Å². The minimum absolute atomic E-state index is 0.470. The van der Waals surface area contributed by atoms with Crippen molar-refractivity contribution >= 4 is 43.5 Å². The average Bonchev–Trinajstić information content (AvgIpc) is 2.89. The van der Waals surface area contributed by atoms with Gasteiger partial charge in [-0.15, -0.1) is 0 Å². The Morgan fingerprint density at radius 1 is 1.32 bits per heavy atom. The lowest BCUT2D eigenvalue weighted by Gasteiger charge is -2.14. The highest BCUT2D eigenvalue weighted by atomic mass is 33.1. The zero-order valence-electron chi connectivity index (χ0n) is 12.8. The Morgan fingerprint density at radius 3 is 2.64 bits per heavy atom. The van der Waals surface area contributed by atoms with E-state index in [1.54, 1.807) is 0 Å². The van der Waals surface area contributed by atoms with E-state index in [9.17, 15) is 18.0 Å². The first kappa shape index (κ1) is 19.4. The third-order valence-corrected chi connectivity index (χ3v) is 6.57. The molecule has 0 aromatic rings. The van der Waals surface area contributed by atoms with Gasteiger partial charge in [0.05, 0.1) is 6.26 Å². The largest absolute Gasteiger partial charge is 0.338 e. The summed E-state index contributed by atoms with van der Waals surface area (Å²) in [6, 6.07) is -1.39. The molecular weight excluding hydrogens is 346 g/mol. The van der Waals surface area contributed by atoms with Crippen LogP contribution in [-0.4, -0.2) is 50.2 Å². The van der Waals surface area contributed by atoms with Crippen molar-refractivity contribution in [2.24, 2.45) is 0 Å². The number of carbonyl (C=O) groups excluding carboxylic acids is 2. The molecule has 22 heavy (non-hydrogen) atoms. The third-order valence-electron chi connectivity index (χ3n) is 2.99. The Morgan fingerprint density at radius 2 is 2.05 bits per heavy atom. The Labute approximate surface area is 139 Å². The van der Waals surface area contributed by atoms with Crippen LogP contribution < -0.4 is 15.4 Å². The van der Waals surface area contributed by atoms with E-state index >= 15 is 0 Å². The Hall–Kier alpha value is -0.610. The highest BCUT2D eigenvalue weighted by Crippen LogP contribution is 2.39. The van der Waals surface area contributed by atoms with Crippen molar-refractivity contribution in [3.05, 3.63) is 0 Å². The highest BCUT2D eigenvalue weighted by molar-refractivity contribution is 8.77. The summed E-state index contributed by atoms with van der Waals surface area (Å²) in [5.74, 6) is 0.470. The molecular formula is C12H23N3O4S3. The molecule has 0 aromatic carbocycles. The first-order valence-electron chi connectivity index (χ1n) is 7.12. The van der Waals surface area contributed by atoms with Gasteiger partial charge in [-0.05, 0) is 26.2 Å². The minimum Gasteiger partial charge on any atom is -0.338 e. The van der Waals surface area contributed by atoms with Gasteiger partial charge < -0.3 is 10.6 Å². The second-order valence-electron chi connectivity index (χ2n) is 5.19. The molecule has 0 aliphatic carbocycles. The van der Waals surface area contributed by atoms with Gasteiger partial charge in [0, 0.05) is 17.5 Å². The molecule has 3 N–H and O–H groups in total. The summed E-state index contributed by atoms with van der Waals surface area (Å²) < 4.78 is 23.7. The van der Waals surface area contributed by atoms with Gasteiger partial charge in [-0.3, -0.25) is 9.52 Å². The minimum atomic E-state index is -3.61. The molecule has 3 amide bonds. The molecule has 0 saturated carbocycles. The lowest BCUT2D eigenvalue weighted by molar-refractivity contribution is -0.120. The molecule has 1 rings (SSSR count). The predicted octanol–water partition coefficient (Wildman–Crippen LogP) is 1.07. The summed E-state index contributed by atoms with van der Waals surface area (Å²) in [6.45, 7) is 1.96. The Bertz CT molecular complexity index is 478. The maximum absolute atomic E-state index is 11.6. The standard InChI is InChI=1S/C12H23N3O4S3/c1-9(11(16)15-22(2,18)19)14-12(17)13-7-4-3-5-10-6-8-20-21-10/h9-10H,3-8H2,1-2H3,(H,15,16)(H2,13,14,17). The monoisotopic (exact) mass is 369 g/mol. The van der Waals surface area contributed by atoms with Gasteiger partial charge in [-0.2, -0.15) is 0 Å². The quantitative estimate of drug-likeness (QED) is 0.437. The van der Waals surface area contributed by atoms with Crippen LogP contribution in [0.15, 0.2) is 0 Å². The SMILES string of the molecule is CC(NC(=O)NCCCCC1CCSS1)C(=O)NS(C)(=O)=O. The number of amides is 3.